The zero-order chi connectivity index (χ0) is 46.1. The van der Waals surface area contributed by atoms with Gasteiger partial charge in [-0.05, 0) is 122 Å². The van der Waals surface area contributed by atoms with Gasteiger partial charge in [-0.25, -0.2) is 8.42 Å². The van der Waals surface area contributed by atoms with Crippen LogP contribution in [0.1, 0.15) is 87.7 Å². The monoisotopic (exact) mass is 910 g/mol. The Morgan fingerprint density at radius 1 is 0.894 bits per heavy atom. The predicted molar refractivity (Wildman–Crippen MR) is 245 cm³/mol. The molecule has 2 saturated heterocycles. The van der Waals surface area contributed by atoms with Gasteiger partial charge >= 0.3 is 0 Å². The highest BCUT2D eigenvalue weighted by Crippen LogP contribution is 2.49. The van der Waals surface area contributed by atoms with Crippen molar-refractivity contribution in [2.24, 2.45) is 5.92 Å². The molecule has 4 aromatic carbocycles. The third-order valence-corrected chi connectivity index (χ3v) is 14.8. The molecule has 340 valence electrons. The molecule has 16 heteroatoms. The van der Waals surface area contributed by atoms with Gasteiger partial charge in [0.05, 0.1) is 41.3 Å². The number of aliphatic hydroxyl groups excluding tert-OH is 1. The third kappa shape index (κ3) is 8.83. The molecular weight excluding hydrogens is 861 g/mol. The number of aliphatic hydroxyl groups is 1. The van der Waals surface area contributed by atoms with E-state index in [0.717, 1.165) is 44.1 Å². The minimum Gasteiger partial charge on any atom is -0.493 e. The summed E-state index contributed by atoms with van der Waals surface area (Å²) in [5, 5.41) is 19.0. The molecule has 4 aliphatic rings. The number of nitrogens with zero attached hydrogens (tertiary/aromatic N) is 3. The zero-order valence-corrected chi connectivity index (χ0v) is 37.2. The minimum atomic E-state index is -3.81. The van der Waals surface area contributed by atoms with Gasteiger partial charge in [0.15, 0.2) is 0 Å². The summed E-state index contributed by atoms with van der Waals surface area (Å²) in [4.78, 5) is 69.4. The number of aryl methyl sites for hydroxylation is 3. The lowest BCUT2D eigenvalue weighted by molar-refractivity contribution is -0.136. The second-order valence-corrected chi connectivity index (χ2v) is 19.2. The second kappa shape index (κ2) is 18.6. The number of pyridine rings is 1. The first-order valence-electron chi connectivity index (χ1n) is 22.3. The van der Waals surface area contributed by atoms with E-state index in [1.807, 2.05) is 61.5 Å². The van der Waals surface area contributed by atoms with E-state index in [2.05, 4.69) is 20.9 Å². The van der Waals surface area contributed by atoms with Crippen molar-refractivity contribution in [2.45, 2.75) is 81.3 Å². The standard InChI is InChI=1S/C50H50N6O9S/c1-30-13-18-36(19-14-30)66(63,64)55-24-23-37-41(29-57)53-40-20-16-33(27-39(40)47(37)55)32-7-2-9-35(26-32)52-44(58)12-3-8-34-17-15-31(28-51-34)6-5-25-65-43-11-4-10-38-46(43)50(62)56(49(38)61)42-21-22-45(59)54-48(42)60/h2,4,7,9-11,13-20,26-28,37,41-42,47,53,57H,3,5-6,8,12,21-25,29H2,1H3,(H,52,58)(H,54,59,60)/t37-,41+,42?,47-/m1/s1. The van der Waals surface area contributed by atoms with Gasteiger partial charge in [0.25, 0.3) is 11.8 Å². The van der Waals surface area contributed by atoms with Crippen molar-refractivity contribution in [3.05, 3.63) is 137 Å². The first kappa shape index (κ1) is 44.5. The van der Waals surface area contributed by atoms with Crippen LogP contribution in [0.3, 0.4) is 0 Å². The van der Waals surface area contributed by atoms with Gasteiger partial charge in [0.2, 0.25) is 27.7 Å². The largest absolute Gasteiger partial charge is 0.493 e. The van der Waals surface area contributed by atoms with Crippen LogP contribution in [0.25, 0.3) is 11.1 Å². The SMILES string of the molecule is Cc1ccc(S(=O)(=O)N2CC[C@@H]3[C@H](CO)Nc4ccc(-c5cccc(NC(=O)CCCc6ccc(CCCOc7cccc8c7C(=O)N(C7CCC(=O)NC7=O)C8=O)cn6)c5)cc4[C@@H]32)cc1. The molecular formula is C50H50N6O9S. The number of carbonyl (C=O) groups is 5. The van der Waals surface area contributed by atoms with Gasteiger partial charge < -0.3 is 20.5 Å². The number of fused-ring (bicyclic) bond motifs is 4. The van der Waals surface area contributed by atoms with E-state index < -0.39 is 45.7 Å². The maximum absolute atomic E-state index is 14.0. The summed E-state index contributed by atoms with van der Waals surface area (Å²) in [6.07, 6.45) is 5.29. The van der Waals surface area contributed by atoms with E-state index in [0.29, 0.717) is 50.8 Å². The normalized spacial score (nSPS) is 20.3. The molecule has 5 aromatic rings. The highest BCUT2D eigenvalue weighted by atomic mass is 32.2. The Hall–Kier alpha value is -6.75. The molecule has 4 atom stereocenters. The van der Waals surface area contributed by atoms with Crippen LogP contribution in [0.2, 0.25) is 0 Å². The fourth-order valence-corrected chi connectivity index (χ4v) is 11.2. The highest BCUT2D eigenvalue weighted by molar-refractivity contribution is 7.89. The number of rotatable bonds is 15. The molecule has 0 spiro atoms. The molecule has 1 unspecified atom stereocenters. The van der Waals surface area contributed by atoms with Crippen molar-refractivity contribution >= 4 is 50.9 Å². The van der Waals surface area contributed by atoms with Crippen LogP contribution in [-0.4, -0.2) is 89.1 Å². The molecule has 1 aromatic heterocycles. The molecule has 5 amide bonds. The fourth-order valence-electron chi connectivity index (χ4n) is 9.56. The lowest BCUT2D eigenvalue weighted by Crippen LogP contribution is -2.54. The number of hydrogen-bond donors (Lipinski definition) is 4. The number of sulfonamides is 1. The summed E-state index contributed by atoms with van der Waals surface area (Å²) < 4.78 is 35.6. The topological polar surface area (TPSA) is 204 Å². The molecule has 0 bridgehead atoms. The summed E-state index contributed by atoms with van der Waals surface area (Å²) in [6.45, 7) is 2.43. The van der Waals surface area contributed by atoms with E-state index in [1.165, 1.54) is 6.07 Å². The van der Waals surface area contributed by atoms with Crippen LogP contribution in [0, 0.1) is 12.8 Å². The molecule has 2 fully saturated rings. The smallest absolute Gasteiger partial charge is 0.266 e. The van der Waals surface area contributed by atoms with Crippen LogP contribution in [0.5, 0.6) is 5.75 Å². The van der Waals surface area contributed by atoms with Crippen molar-refractivity contribution in [2.75, 3.05) is 30.4 Å². The molecule has 9 rings (SSSR count). The maximum atomic E-state index is 14.0. The lowest BCUT2D eigenvalue weighted by Gasteiger charge is -2.39. The number of carbonyl (C=O) groups excluding carboxylic acids is 5. The number of piperidine rings is 1. The summed E-state index contributed by atoms with van der Waals surface area (Å²) in [5.41, 5.74) is 7.14. The minimum absolute atomic E-state index is 0.0417. The van der Waals surface area contributed by atoms with Crippen molar-refractivity contribution in [1.29, 1.82) is 0 Å². The molecule has 0 aliphatic carbocycles. The van der Waals surface area contributed by atoms with Crippen LogP contribution < -0.4 is 20.7 Å². The molecule has 0 saturated carbocycles. The number of amides is 5. The van der Waals surface area contributed by atoms with Gasteiger partial charge in [-0.2, -0.15) is 4.31 Å². The van der Waals surface area contributed by atoms with E-state index in [9.17, 15) is 37.5 Å². The number of ether oxygens (including phenoxy) is 1. The van der Waals surface area contributed by atoms with Crippen LogP contribution in [0.15, 0.2) is 108 Å². The van der Waals surface area contributed by atoms with Crippen LogP contribution in [0.4, 0.5) is 11.4 Å². The number of aromatic nitrogens is 1. The molecule has 15 nitrogen and oxygen atoms in total. The van der Waals surface area contributed by atoms with Crippen molar-refractivity contribution in [1.82, 2.24) is 19.5 Å². The van der Waals surface area contributed by atoms with Gasteiger partial charge in [0.1, 0.15) is 11.8 Å². The van der Waals surface area contributed by atoms with E-state index >= 15 is 0 Å². The third-order valence-electron chi connectivity index (χ3n) is 13.0. The second-order valence-electron chi connectivity index (χ2n) is 17.3. The average molecular weight is 911 g/mol. The Kier molecular flexibility index (Phi) is 12.5. The van der Waals surface area contributed by atoms with Gasteiger partial charge in [-0.1, -0.05) is 48.0 Å². The molecule has 66 heavy (non-hydrogen) atoms. The van der Waals surface area contributed by atoms with Crippen LogP contribution in [-0.2, 0) is 37.2 Å². The van der Waals surface area contributed by atoms with Gasteiger partial charge in [0, 0.05) is 48.6 Å². The summed E-state index contributed by atoms with van der Waals surface area (Å²) in [7, 11) is -3.81. The maximum Gasteiger partial charge on any atom is 0.266 e. The van der Waals surface area contributed by atoms with E-state index in [1.54, 1.807) is 46.9 Å². The van der Waals surface area contributed by atoms with E-state index in [4.69, 9.17) is 4.74 Å². The summed E-state index contributed by atoms with van der Waals surface area (Å²) in [6, 6.07) is 27.3. The summed E-state index contributed by atoms with van der Waals surface area (Å²) in [5.74, 6) is -2.27. The van der Waals surface area contributed by atoms with Gasteiger partial charge in [-0.15, -0.1) is 0 Å². The fraction of sp³-hybridized carbons (Fsp3) is 0.320. The van der Waals surface area contributed by atoms with E-state index in [-0.39, 0.29) is 65.7 Å². The number of imide groups is 2. The number of hydrogen-bond acceptors (Lipinski definition) is 11. The Labute approximate surface area is 382 Å². The first-order chi connectivity index (χ1) is 31.9. The molecule has 4 N–H and O–H groups in total. The van der Waals surface area contributed by atoms with Crippen molar-refractivity contribution in [3.63, 3.8) is 0 Å². The predicted octanol–water partition coefficient (Wildman–Crippen LogP) is 5.97. The average Bonchev–Trinajstić information content (AvgIpc) is 3.88. The Bertz CT molecular complexity index is 2830. The number of benzene rings is 4. The quantitative estimate of drug-likeness (QED) is 0.0712. The zero-order valence-electron chi connectivity index (χ0n) is 36.4. The van der Waals surface area contributed by atoms with Crippen molar-refractivity contribution < 1.29 is 42.2 Å². The summed E-state index contributed by atoms with van der Waals surface area (Å²) >= 11 is 0. The van der Waals surface area contributed by atoms with Gasteiger partial charge in [-0.3, -0.25) is 39.2 Å². The Morgan fingerprint density at radius 3 is 2.47 bits per heavy atom. The molecule has 4 aliphatic heterocycles. The lowest BCUT2D eigenvalue weighted by atomic mass is 9.82. The molecule has 5 heterocycles. The van der Waals surface area contributed by atoms with Crippen molar-refractivity contribution in [3.8, 4) is 16.9 Å². The Morgan fingerprint density at radius 2 is 1.70 bits per heavy atom. The Balaban J connectivity index is 0.763. The molecule has 0 radical (unpaired) electrons. The number of anilines is 2. The first-order valence-corrected chi connectivity index (χ1v) is 23.7. The highest BCUT2D eigenvalue weighted by Gasteiger charge is 2.49. The number of nitrogens with one attached hydrogen (secondary N) is 3. The van der Waals surface area contributed by atoms with Crippen LogP contribution >= 0.6 is 0 Å².